The lowest BCUT2D eigenvalue weighted by atomic mass is 9.98. The van der Waals surface area contributed by atoms with E-state index >= 15 is 0 Å². The zero-order valence-corrected chi connectivity index (χ0v) is 10.9. The average molecular weight is 276 g/mol. The van der Waals surface area contributed by atoms with Crippen LogP contribution in [0.4, 0.5) is 8.78 Å². The SMILES string of the molecule is Cc1cc(F)c(C(O)C2Cc3ccccc3O2)cc1F. The Kier molecular flexibility index (Phi) is 3.18. The highest BCUT2D eigenvalue weighted by Crippen LogP contribution is 2.35. The van der Waals surface area contributed by atoms with E-state index in [9.17, 15) is 13.9 Å². The smallest absolute Gasteiger partial charge is 0.133 e. The van der Waals surface area contributed by atoms with Crippen molar-refractivity contribution in [1.29, 1.82) is 0 Å². The molecule has 0 aromatic heterocycles. The molecule has 0 aliphatic carbocycles. The minimum atomic E-state index is -1.20. The molecule has 20 heavy (non-hydrogen) atoms. The first-order chi connectivity index (χ1) is 9.56. The third-order valence-corrected chi connectivity index (χ3v) is 3.62. The Bertz CT molecular complexity index is 630. The number of rotatable bonds is 2. The van der Waals surface area contributed by atoms with Crippen molar-refractivity contribution in [3.63, 3.8) is 0 Å². The van der Waals surface area contributed by atoms with Crippen LogP contribution in [0.25, 0.3) is 0 Å². The number of aliphatic hydroxyl groups excluding tert-OH is 1. The van der Waals surface area contributed by atoms with Gasteiger partial charge in [0.2, 0.25) is 0 Å². The van der Waals surface area contributed by atoms with E-state index in [1.165, 1.54) is 6.92 Å². The Balaban J connectivity index is 1.88. The molecule has 0 saturated heterocycles. The Morgan fingerprint density at radius 2 is 1.95 bits per heavy atom. The van der Waals surface area contributed by atoms with Gasteiger partial charge in [-0.15, -0.1) is 0 Å². The van der Waals surface area contributed by atoms with Gasteiger partial charge >= 0.3 is 0 Å². The fraction of sp³-hybridized carbons (Fsp3) is 0.250. The summed E-state index contributed by atoms with van der Waals surface area (Å²) in [7, 11) is 0. The monoisotopic (exact) mass is 276 g/mol. The summed E-state index contributed by atoms with van der Waals surface area (Å²) in [4.78, 5) is 0. The Morgan fingerprint density at radius 3 is 2.70 bits per heavy atom. The average Bonchev–Trinajstić information content (AvgIpc) is 2.86. The van der Waals surface area contributed by atoms with Crippen molar-refractivity contribution in [2.75, 3.05) is 0 Å². The minimum Gasteiger partial charge on any atom is -0.487 e. The predicted molar refractivity (Wildman–Crippen MR) is 70.6 cm³/mol. The molecular weight excluding hydrogens is 262 g/mol. The van der Waals surface area contributed by atoms with E-state index in [-0.39, 0.29) is 11.1 Å². The van der Waals surface area contributed by atoms with E-state index in [0.717, 1.165) is 17.7 Å². The molecule has 2 unspecified atom stereocenters. The van der Waals surface area contributed by atoms with Crippen molar-refractivity contribution in [3.8, 4) is 5.75 Å². The van der Waals surface area contributed by atoms with Crippen LogP contribution < -0.4 is 4.74 Å². The molecule has 4 heteroatoms. The van der Waals surface area contributed by atoms with E-state index in [4.69, 9.17) is 4.74 Å². The summed E-state index contributed by atoms with van der Waals surface area (Å²) in [6.07, 6.45) is -1.31. The number of aryl methyl sites for hydroxylation is 1. The summed E-state index contributed by atoms with van der Waals surface area (Å²) in [5.41, 5.74) is 1.12. The molecule has 2 atom stereocenters. The van der Waals surface area contributed by atoms with Gasteiger partial charge in [0.1, 0.15) is 29.6 Å². The first-order valence-electron chi connectivity index (χ1n) is 6.44. The number of hydrogen-bond acceptors (Lipinski definition) is 2. The summed E-state index contributed by atoms with van der Waals surface area (Å²) in [6, 6.07) is 9.54. The molecule has 104 valence electrons. The molecule has 2 aromatic rings. The van der Waals surface area contributed by atoms with Crippen LogP contribution in [0.15, 0.2) is 36.4 Å². The number of benzene rings is 2. The molecule has 1 N–H and O–H groups in total. The molecule has 2 aromatic carbocycles. The lowest BCUT2D eigenvalue weighted by Crippen LogP contribution is -2.24. The quantitative estimate of drug-likeness (QED) is 0.912. The van der Waals surface area contributed by atoms with Crippen molar-refractivity contribution in [2.45, 2.75) is 25.6 Å². The summed E-state index contributed by atoms with van der Waals surface area (Å²) in [6.45, 7) is 1.48. The lowest BCUT2D eigenvalue weighted by molar-refractivity contribution is 0.0465. The zero-order chi connectivity index (χ0) is 14.3. The largest absolute Gasteiger partial charge is 0.487 e. The number of para-hydroxylation sites is 1. The number of hydrogen-bond donors (Lipinski definition) is 1. The maximum Gasteiger partial charge on any atom is 0.133 e. The molecular formula is C16H14F2O2. The number of fused-ring (bicyclic) bond motifs is 1. The van der Waals surface area contributed by atoms with Crippen molar-refractivity contribution >= 4 is 0 Å². The van der Waals surface area contributed by atoms with Gasteiger partial charge in [0.15, 0.2) is 0 Å². The van der Waals surface area contributed by atoms with Crippen molar-refractivity contribution in [3.05, 3.63) is 64.7 Å². The first-order valence-corrected chi connectivity index (χ1v) is 6.44. The third kappa shape index (κ3) is 2.16. The van der Waals surface area contributed by atoms with Crippen molar-refractivity contribution < 1.29 is 18.6 Å². The summed E-state index contributed by atoms with van der Waals surface area (Å²) < 4.78 is 33.0. The number of aliphatic hydroxyl groups is 1. The Hall–Kier alpha value is -1.94. The second kappa shape index (κ2) is 4.87. The van der Waals surface area contributed by atoms with Crippen molar-refractivity contribution in [1.82, 2.24) is 0 Å². The van der Waals surface area contributed by atoms with Gasteiger partial charge in [-0.05, 0) is 36.2 Å². The molecule has 0 radical (unpaired) electrons. The van der Waals surface area contributed by atoms with Gasteiger partial charge in [0, 0.05) is 12.0 Å². The van der Waals surface area contributed by atoms with E-state index < -0.39 is 23.8 Å². The van der Waals surface area contributed by atoms with Crippen molar-refractivity contribution in [2.24, 2.45) is 0 Å². The molecule has 1 heterocycles. The van der Waals surface area contributed by atoms with E-state index in [1.807, 2.05) is 18.2 Å². The number of ether oxygens (including phenoxy) is 1. The van der Waals surface area contributed by atoms with E-state index in [0.29, 0.717) is 12.2 Å². The van der Waals surface area contributed by atoms with Gasteiger partial charge < -0.3 is 9.84 Å². The molecule has 2 nitrogen and oxygen atoms in total. The van der Waals surface area contributed by atoms with Gasteiger partial charge in [-0.25, -0.2) is 8.78 Å². The van der Waals surface area contributed by atoms with Crippen LogP contribution in [0.5, 0.6) is 5.75 Å². The molecule has 0 fully saturated rings. The highest BCUT2D eigenvalue weighted by Gasteiger charge is 2.31. The molecule has 0 saturated carbocycles. The second-order valence-electron chi connectivity index (χ2n) is 5.04. The van der Waals surface area contributed by atoms with Crippen LogP contribution in [0, 0.1) is 18.6 Å². The number of halogens is 2. The molecule has 0 amide bonds. The van der Waals surface area contributed by atoms with Gasteiger partial charge in [-0.2, -0.15) is 0 Å². The van der Waals surface area contributed by atoms with Crippen LogP contribution in [0.1, 0.15) is 22.8 Å². The topological polar surface area (TPSA) is 29.5 Å². The van der Waals surface area contributed by atoms with Gasteiger partial charge in [-0.1, -0.05) is 18.2 Å². The minimum absolute atomic E-state index is 0.0640. The molecule has 1 aliphatic heterocycles. The molecule has 3 rings (SSSR count). The summed E-state index contributed by atoms with van der Waals surface area (Å²) >= 11 is 0. The Morgan fingerprint density at radius 1 is 1.20 bits per heavy atom. The standard InChI is InChI=1S/C16H14F2O2/c1-9-6-13(18)11(8-12(9)17)16(19)15-7-10-4-2-3-5-14(10)20-15/h2-6,8,15-16,19H,7H2,1H3. The maximum absolute atomic E-state index is 13.9. The van der Waals surface area contributed by atoms with Gasteiger partial charge in [0.05, 0.1) is 0 Å². The van der Waals surface area contributed by atoms with Gasteiger partial charge in [0.25, 0.3) is 0 Å². The van der Waals surface area contributed by atoms with Crippen LogP contribution in [-0.4, -0.2) is 11.2 Å². The van der Waals surface area contributed by atoms with Crippen LogP contribution >= 0.6 is 0 Å². The summed E-state index contributed by atoms with van der Waals surface area (Å²) in [5.74, 6) is -0.462. The third-order valence-electron chi connectivity index (χ3n) is 3.62. The first kappa shape index (κ1) is 13.1. The molecule has 0 bridgehead atoms. The fourth-order valence-corrected chi connectivity index (χ4v) is 2.47. The zero-order valence-electron chi connectivity index (χ0n) is 10.9. The summed E-state index contributed by atoms with van der Waals surface area (Å²) in [5, 5.41) is 10.3. The van der Waals surface area contributed by atoms with E-state index in [1.54, 1.807) is 6.07 Å². The highest BCUT2D eigenvalue weighted by atomic mass is 19.1. The molecule has 0 spiro atoms. The predicted octanol–water partition coefficient (Wildman–Crippen LogP) is 3.31. The Labute approximate surface area is 115 Å². The van der Waals surface area contributed by atoms with Gasteiger partial charge in [-0.3, -0.25) is 0 Å². The highest BCUT2D eigenvalue weighted by molar-refractivity contribution is 5.38. The normalized spacial score (nSPS) is 18.5. The van der Waals surface area contributed by atoms with Crippen LogP contribution in [-0.2, 0) is 6.42 Å². The lowest BCUT2D eigenvalue weighted by Gasteiger charge is -2.19. The van der Waals surface area contributed by atoms with Crippen LogP contribution in [0.3, 0.4) is 0 Å². The molecule has 1 aliphatic rings. The second-order valence-corrected chi connectivity index (χ2v) is 5.04. The maximum atomic E-state index is 13.9. The van der Waals surface area contributed by atoms with Crippen LogP contribution in [0.2, 0.25) is 0 Å². The fourth-order valence-electron chi connectivity index (χ4n) is 2.47. The van der Waals surface area contributed by atoms with E-state index in [2.05, 4.69) is 0 Å².